The fourth-order valence-corrected chi connectivity index (χ4v) is 10.9. The Labute approximate surface area is 384 Å². The third kappa shape index (κ3) is 6.22. The average molecular weight is 854 g/mol. The maximum atomic E-state index is 11.2. The van der Waals surface area contributed by atoms with Gasteiger partial charge in [0.1, 0.15) is 22.6 Å². The molecular weight excluding hydrogens is 807 g/mol. The van der Waals surface area contributed by atoms with Crippen LogP contribution in [0.3, 0.4) is 0 Å². The Morgan fingerprint density at radius 2 is 1.20 bits per heavy atom. The van der Waals surface area contributed by atoms with E-state index >= 15 is 0 Å². The number of hydrogen-bond acceptors (Lipinski definition) is 4. The fraction of sp³-hybridized carbons (Fsp3) is 0.115. The highest BCUT2D eigenvalue weighted by atomic mass is 16.3. The molecule has 12 rings (SSSR count). The first-order chi connectivity index (χ1) is 32.2. The number of rotatable bonds is 6. The number of hydrogen-bond donors (Lipinski definition) is 1. The van der Waals surface area contributed by atoms with Crippen molar-refractivity contribution < 1.29 is 9.52 Å². The van der Waals surface area contributed by atoms with Crippen LogP contribution in [0.25, 0.3) is 106 Å². The highest BCUT2D eigenvalue weighted by Crippen LogP contribution is 2.49. The van der Waals surface area contributed by atoms with Crippen molar-refractivity contribution in [1.82, 2.24) is 14.5 Å². The summed E-state index contributed by atoms with van der Waals surface area (Å²) in [6, 6.07) is 58.1. The van der Waals surface area contributed by atoms with Gasteiger partial charge in [-0.05, 0) is 145 Å². The first kappa shape index (κ1) is 39.6. The second-order valence-electron chi connectivity index (χ2n) is 18.1. The molecule has 318 valence electrons. The van der Waals surface area contributed by atoms with Crippen LogP contribution in [-0.2, 0) is 12.8 Å². The fourth-order valence-electron chi connectivity index (χ4n) is 10.9. The van der Waals surface area contributed by atoms with E-state index in [1.807, 2.05) is 12.1 Å². The molecule has 1 N–H and O–H groups in total. The molecule has 0 radical (unpaired) electrons. The maximum Gasteiger partial charge on any atom is 0.164 e. The number of pyridine rings is 1. The van der Waals surface area contributed by atoms with E-state index in [0.29, 0.717) is 0 Å². The minimum Gasteiger partial charge on any atom is -0.507 e. The predicted octanol–water partition coefficient (Wildman–Crippen LogP) is 15.7. The van der Waals surface area contributed by atoms with Crippen molar-refractivity contribution in [2.45, 2.75) is 47.5 Å². The predicted molar refractivity (Wildman–Crippen MR) is 272 cm³/mol. The first-order valence-corrected chi connectivity index (χ1v) is 22.8. The van der Waals surface area contributed by atoms with E-state index in [2.05, 4.69) is 185 Å². The number of phenolic OH excluding ortho intramolecular Hbond substituents is 1. The van der Waals surface area contributed by atoms with E-state index in [0.717, 1.165) is 135 Å². The Morgan fingerprint density at radius 1 is 0.500 bits per heavy atom. The van der Waals surface area contributed by atoms with Crippen LogP contribution in [-0.4, -0.2) is 19.6 Å². The topological polar surface area (TPSA) is 64.1 Å². The molecule has 5 heteroatoms. The number of aromatic hydroxyl groups is 1. The summed E-state index contributed by atoms with van der Waals surface area (Å²) in [6.07, 6.45) is 1.73. The molecule has 0 bridgehead atoms. The Morgan fingerprint density at radius 3 is 2.02 bits per heavy atom. The van der Waals surface area contributed by atoms with Gasteiger partial charge in [-0.15, -0.1) is 0 Å². The van der Waals surface area contributed by atoms with Gasteiger partial charge in [-0.1, -0.05) is 133 Å². The Balaban J connectivity index is 1.17. The zero-order valence-corrected chi connectivity index (χ0v) is 37.7. The summed E-state index contributed by atoms with van der Waals surface area (Å²) in [4.78, 5) is 11.0. The van der Waals surface area contributed by atoms with E-state index in [1.165, 1.54) is 22.3 Å². The van der Waals surface area contributed by atoms with Gasteiger partial charge in [0.25, 0.3) is 0 Å². The number of nitrogens with zero attached hydrogens (tertiary/aromatic N) is 3. The minimum atomic E-state index is 0.256. The second-order valence-corrected chi connectivity index (χ2v) is 18.1. The molecule has 0 amide bonds. The molecule has 66 heavy (non-hydrogen) atoms. The molecule has 3 heterocycles. The second kappa shape index (κ2) is 15.3. The van der Waals surface area contributed by atoms with Crippen LogP contribution in [0.4, 0.5) is 0 Å². The summed E-state index contributed by atoms with van der Waals surface area (Å²) in [5, 5.41) is 13.3. The third-order valence-corrected chi connectivity index (χ3v) is 13.7. The van der Waals surface area contributed by atoms with Crippen molar-refractivity contribution in [2.24, 2.45) is 0 Å². The first-order valence-electron chi connectivity index (χ1n) is 22.8. The number of aromatic nitrogens is 3. The zero-order chi connectivity index (χ0) is 44.8. The van der Waals surface area contributed by atoms with Gasteiger partial charge < -0.3 is 9.52 Å². The number of phenols is 1. The average Bonchev–Trinajstić information content (AvgIpc) is 3.90. The van der Waals surface area contributed by atoms with Gasteiger partial charge in [0.05, 0.1) is 22.4 Å². The Bertz CT molecular complexity index is 3730. The summed E-state index contributed by atoms with van der Waals surface area (Å²) in [7, 11) is 0. The lowest BCUT2D eigenvalue weighted by molar-refractivity contribution is 0.476. The molecule has 0 unspecified atom stereocenters. The van der Waals surface area contributed by atoms with Gasteiger partial charge >= 0.3 is 0 Å². The normalized spacial score (nSPS) is 12.3. The van der Waals surface area contributed by atoms with Crippen LogP contribution >= 0.6 is 0 Å². The summed E-state index contributed by atoms with van der Waals surface area (Å²) < 4.78 is 9.27. The summed E-state index contributed by atoms with van der Waals surface area (Å²) in [5.74, 6) is 1.00. The monoisotopic (exact) mass is 853 g/mol. The van der Waals surface area contributed by atoms with Gasteiger partial charge in [0.2, 0.25) is 0 Å². The number of furan rings is 1. The molecule has 5 nitrogen and oxygen atoms in total. The number of para-hydroxylation sites is 3. The lowest BCUT2D eigenvalue weighted by atomic mass is 9.83. The van der Waals surface area contributed by atoms with Gasteiger partial charge in [-0.3, -0.25) is 4.57 Å². The molecule has 0 fully saturated rings. The Hall–Kier alpha value is -8.02. The van der Waals surface area contributed by atoms with E-state index in [4.69, 9.17) is 14.4 Å². The van der Waals surface area contributed by atoms with Crippen molar-refractivity contribution in [3.05, 3.63) is 203 Å². The lowest BCUT2D eigenvalue weighted by Crippen LogP contribution is -2.08. The van der Waals surface area contributed by atoms with Gasteiger partial charge in [0.15, 0.2) is 5.82 Å². The summed E-state index contributed by atoms with van der Waals surface area (Å²) >= 11 is 0. The van der Waals surface area contributed by atoms with Gasteiger partial charge in [0, 0.05) is 33.0 Å². The van der Waals surface area contributed by atoms with E-state index < -0.39 is 0 Å². The van der Waals surface area contributed by atoms with Crippen molar-refractivity contribution in [3.63, 3.8) is 0 Å². The number of aryl methyl sites for hydroxylation is 7. The van der Waals surface area contributed by atoms with Gasteiger partial charge in [-0.2, -0.15) is 0 Å². The van der Waals surface area contributed by atoms with Crippen molar-refractivity contribution in [3.8, 4) is 78.7 Å². The van der Waals surface area contributed by atoms with E-state index in [9.17, 15) is 5.11 Å². The highest BCUT2D eigenvalue weighted by Gasteiger charge is 2.27. The largest absolute Gasteiger partial charge is 0.507 e. The zero-order valence-electron chi connectivity index (χ0n) is 37.7. The van der Waals surface area contributed by atoms with E-state index in [1.54, 1.807) is 6.07 Å². The minimum absolute atomic E-state index is 0.256. The standard InChI is InChI=1S/C61H47N3O2/c1-35-31-38(4)54(39(5)32-35)47-23-13-21-44(40-17-7-6-8-18-40)56(47)49-34-43(33-48-46-20-9-10-26-53(46)66-60(48)49)45-22-14-24-51-58(45)63-61(64(51)59-36(2)15-11-16-37(59)3)50-30-29-42-28-27-41-19-12-25-52(65)55(41)57(42)62-50/h6-26,29-34,65H,27-28H2,1-5H3. The van der Waals surface area contributed by atoms with Crippen molar-refractivity contribution in [1.29, 1.82) is 0 Å². The molecule has 0 aliphatic heterocycles. The molecule has 0 saturated carbocycles. The molecule has 0 spiro atoms. The highest BCUT2D eigenvalue weighted by molar-refractivity contribution is 6.15. The molecular formula is C61H47N3O2. The molecule has 0 saturated heterocycles. The molecule has 3 aromatic heterocycles. The van der Waals surface area contributed by atoms with Crippen molar-refractivity contribution in [2.75, 3.05) is 0 Å². The number of fused-ring (bicyclic) bond motifs is 7. The smallest absolute Gasteiger partial charge is 0.164 e. The summed E-state index contributed by atoms with van der Waals surface area (Å²) in [5.41, 5.74) is 24.1. The maximum absolute atomic E-state index is 11.2. The molecule has 1 aliphatic carbocycles. The molecule has 1 aliphatic rings. The van der Waals surface area contributed by atoms with Gasteiger partial charge in [-0.25, -0.2) is 9.97 Å². The number of benzene rings is 8. The van der Waals surface area contributed by atoms with Crippen LogP contribution in [0.1, 0.15) is 38.9 Å². The lowest BCUT2D eigenvalue weighted by Gasteiger charge is -2.21. The molecule has 0 atom stereocenters. The van der Waals surface area contributed by atoms with Crippen LogP contribution in [0.15, 0.2) is 168 Å². The Kier molecular flexibility index (Phi) is 9.18. The number of imidazole rings is 1. The van der Waals surface area contributed by atoms with Crippen LogP contribution in [0.2, 0.25) is 0 Å². The van der Waals surface area contributed by atoms with E-state index in [-0.39, 0.29) is 5.75 Å². The van der Waals surface area contributed by atoms with Crippen molar-refractivity contribution >= 4 is 33.0 Å². The van der Waals surface area contributed by atoms with Crippen LogP contribution < -0.4 is 0 Å². The van der Waals surface area contributed by atoms with Crippen LogP contribution in [0.5, 0.6) is 5.75 Å². The SMILES string of the molecule is Cc1cc(C)c(-c2cccc(-c3ccccc3)c2-c2cc(-c3cccc4c3nc(-c3ccc5c(n3)-c3c(O)cccc3CC5)n4-c3c(C)cccc3C)cc3c2oc2ccccc23)c(C)c1. The quantitative estimate of drug-likeness (QED) is 0.181. The summed E-state index contributed by atoms with van der Waals surface area (Å²) in [6.45, 7) is 11.0. The molecule has 11 aromatic rings. The van der Waals surface area contributed by atoms with Crippen LogP contribution in [0, 0.1) is 34.6 Å². The molecule has 8 aromatic carbocycles. The third-order valence-electron chi connectivity index (χ3n) is 13.7.